The molecule has 96 valence electrons. The van der Waals surface area contributed by atoms with Gasteiger partial charge < -0.3 is 11.1 Å². The first-order chi connectivity index (χ1) is 8.63. The average molecular weight is 265 g/mol. The number of rotatable bonds is 5. The predicted octanol–water partition coefficient (Wildman–Crippen LogP) is 2.80. The standard InChI is InChI=1S/C14H17ClN2O/c15-11-2-1-3-12(8-11)17-14(13(16)18,9-4-5-9)10-6-7-10/h1-3,8-10,17H,4-7H2,(H2,16,18). The lowest BCUT2D eigenvalue weighted by Crippen LogP contribution is -2.54. The summed E-state index contributed by atoms with van der Waals surface area (Å²) < 4.78 is 0. The quantitative estimate of drug-likeness (QED) is 0.859. The molecule has 0 aromatic heterocycles. The number of carbonyl (C=O) groups excluding carboxylic acids is 1. The molecule has 0 unspecified atom stereocenters. The number of amides is 1. The van der Waals surface area contributed by atoms with Crippen molar-refractivity contribution in [2.45, 2.75) is 31.2 Å². The molecule has 2 saturated carbocycles. The molecule has 0 atom stereocenters. The van der Waals surface area contributed by atoms with Crippen molar-refractivity contribution in [1.82, 2.24) is 0 Å². The molecule has 3 rings (SSSR count). The highest BCUT2D eigenvalue weighted by molar-refractivity contribution is 6.30. The maximum atomic E-state index is 12.0. The molecule has 0 radical (unpaired) electrons. The molecule has 2 aliphatic rings. The molecule has 1 aromatic carbocycles. The minimum absolute atomic E-state index is 0.215. The number of hydrogen-bond acceptors (Lipinski definition) is 2. The van der Waals surface area contributed by atoms with Gasteiger partial charge in [0, 0.05) is 10.7 Å². The van der Waals surface area contributed by atoms with Crippen molar-refractivity contribution in [1.29, 1.82) is 0 Å². The van der Waals surface area contributed by atoms with Crippen LogP contribution in [0.3, 0.4) is 0 Å². The van der Waals surface area contributed by atoms with Gasteiger partial charge in [0.1, 0.15) is 5.54 Å². The summed E-state index contributed by atoms with van der Waals surface area (Å²) in [6.45, 7) is 0. The maximum absolute atomic E-state index is 12.0. The largest absolute Gasteiger partial charge is 0.371 e. The number of nitrogens with two attached hydrogens (primary N) is 1. The molecule has 18 heavy (non-hydrogen) atoms. The number of primary amides is 1. The van der Waals surface area contributed by atoms with Crippen LogP contribution in [0.1, 0.15) is 25.7 Å². The van der Waals surface area contributed by atoms with Crippen LogP contribution in [0.4, 0.5) is 5.69 Å². The summed E-state index contributed by atoms with van der Waals surface area (Å²) in [5.41, 5.74) is 6.04. The molecular weight excluding hydrogens is 248 g/mol. The third-order valence-corrected chi connectivity index (χ3v) is 4.26. The van der Waals surface area contributed by atoms with E-state index in [1.807, 2.05) is 24.3 Å². The third-order valence-electron chi connectivity index (χ3n) is 4.03. The normalized spacial score (nSPS) is 19.6. The summed E-state index contributed by atoms with van der Waals surface area (Å²) in [4.78, 5) is 12.0. The maximum Gasteiger partial charge on any atom is 0.243 e. The van der Waals surface area contributed by atoms with E-state index in [4.69, 9.17) is 17.3 Å². The second-order valence-electron chi connectivity index (χ2n) is 5.42. The van der Waals surface area contributed by atoms with E-state index in [1.54, 1.807) is 0 Å². The zero-order valence-electron chi connectivity index (χ0n) is 10.2. The van der Waals surface area contributed by atoms with Gasteiger partial charge >= 0.3 is 0 Å². The van der Waals surface area contributed by atoms with E-state index < -0.39 is 5.54 Å². The summed E-state index contributed by atoms with van der Waals surface area (Å²) in [6.07, 6.45) is 4.36. The SMILES string of the molecule is NC(=O)C(Nc1cccc(Cl)c1)(C1CC1)C1CC1. The van der Waals surface area contributed by atoms with E-state index in [0.29, 0.717) is 16.9 Å². The van der Waals surface area contributed by atoms with Crippen LogP contribution in [0.5, 0.6) is 0 Å². The first-order valence-corrected chi connectivity index (χ1v) is 6.84. The van der Waals surface area contributed by atoms with Gasteiger partial charge in [0.05, 0.1) is 0 Å². The van der Waals surface area contributed by atoms with Crippen LogP contribution in [0.2, 0.25) is 5.02 Å². The van der Waals surface area contributed by atoms with E-state index in [9.17, 15) is 4.79 Å². The monoisotopic (exact) mass is 264 g/mol. The van der Waals surface area contributed by atoms with Crippen LogP contribution in [0.15, 0.2) is 24.3 Å². The summed E-state index contributed by atoms with van der Waals surface area (Å²) in [7, 11) is 0. The van der Waals surface area contributed by atoms with Gasteiger partial charge in [-0.15, -0.1) is 0 Å². The Balaban J connectivity index is 1.92. The number of halogens is 1. The Morgan fingerprint density at radius 1 is 1.28 bits per heavy atom. The van der Waals surface area contributed by atoms with Gasteiger partial charge in [0.2, 0.25) is 5.91 Å². The van der Waals surface area contributed by atoms with Crippen molar-refractivity contribution in [2.24, 2.45) is 17.6 Å². The van der Waals surface area contributed by atoms with Gasteiger partial charge in [-0.2, -0.15) is 0 Å². The molecule has 0 heterocycles. The predicted molar refractivity (Wildman–Crippen MR) is 72.4 cm³/mol. The van der Waals surface area contributed by atoms with Gasteiger partial charge in [-0.1, -0.05) is 17.7 Å². The number of anilines is 1. The molecule has 2 fully saturated rings. The van der Waals surface area contributed by atoms with Gasteiger partial charge in [0.15, 0.2) is 0 Å². The van der Waals surface area contributed by atoms with Crippen molar-refractivity contribution in [3.63, 3.8) is 0 Å². The van der Waals surface area contributed by atoms with Crippen molar-refractivity contribution in [3.05, 3.63) is 29.3 Å². The lowest BCUT2D eigenvalue weighted by molar-refractivity contribution is -0.123. The molecule has 0 bridgehead atoms. The lowest BCUT2D eigenvalue weighted by Gasteiger charge is -2.33. The molecule has 4 heteroatoms. The van der Waals surface area contributed by atoms with Crippen molar-refractivity contribution in [2.75, 3.05) is 5.32 Å². The Labute approximate surface area is 112 Å². The molecule has 0 spiro atoms. The Hall–Kier alpha value is -1.22. The van der Waals surface area contributed by atoms with E-state index >= 15 is 0 Å². The van der Waals surface area contributed by atoms with Gasteiger partial charge in [-0.3, -0.25) is 4.79 Å². The highest BCUT2D eigenvalue weighted by atomic mass is 35.5. The fraction of sp³-hybridized carbons (Fsp3) is 0.500. The molecule has 2 aliphatic carbocycles. The third kappa shape index (κ3) is 1.97. The number of carbonyl (C=O) groups is 1. The zero-order valence-corrected chi connectivity index (χ0v) is 10.9. The molecule has 1 amide bonds. The summed E-state index contributed by atoms with van der Waals surface area (Å²) in [5.74, 6) is 0.565. The topological polar surface area (TPSA) is 55.1 Å². The van der Waals surface area contributed by atoms with Crippen LogP contribution in [-0.4, -0.2) is 11.4 Å². The van der Waals surface area contributed by atoms with Crippen LogP contribution in [-0.2, 0) is 4.79 Å². The zero-order chi connectivity index (χ0) is 12.8. The fourth-order valence-electron chi connectivity index (χ4n) is 2.88. The number of hydrogen-bond donors (Lipinski definition) is 2. The number of benzene rings is 1. The van der Waals surface area contributed by atoms with Gasteiger partial charge in [-0.05, 0) is 55.7 Å². The minimum atomic E-state index is -0.551. The van der Waals surface area contributed by atoms with Crippen molar-refractivity contribution < 1.29 is 4.79 Å². The number of nitrogens with one attached hydrogen (secondary N) is 1. The average Bonchev–Trinajstić information content (AvgIpc) is 3.15. The van der Waals surface area contributed by atoms with Crippen LogP contribution in [0.25, 0.3) is 0 Å². The first-order valence-electron chi connectivity index (χ1n) is 6.46. The van der Waals surface area contributed by atoms with E-state index in [-0.39, 0.29) is 5.91 Å². The second-order valence-corrected chi connectivity index (χ2v) is 5.85. The molecule has 3 nitrogen and oxygen atoms in total. The summed E-state index contributed by atoms with van der Waals surface area (Å²) in [6, 6.07) is 7.50. The smallest absolute Gasteiger partial charge is 0.243 e. The van der Waals surface area contributed by atoms with Gasteiger partial charge in [0.25, 0.3) is 0 Å². The van der Waals surface area contributed by atoms with Crippen LogP contribution in [0, 0.1) is 11.8 Å². The Kier molecular flexibility index (Phi) is 2.74. The Morgan fingerprint density at radius 2 is 1.89 bits per heavy atom. The fourth-order valence-corrected chi connectivity index (χ4v) is 3.07. The summed E-state index contributed by atoms with van der Waals surface area (Å²) >= 11 is 5.99. The first kappa shape index (κ1) is 11.8. The van der Waals surface area contributed by atoms with Crippen LogP contribution >= 0.6 is 11.6 Å². The van der Waals surface area contributed by atoms with E-state index in [0.717, 1.165) is 31.4 Å². The minimum Gasteiger partial charge on any atom is -0.371 e. The molecule has 3 N–H and O–H groups in total. The lowest BCUT2D eigenvalue weighted by atomic mass is 9.86. The molecule has 1 aromatic rings. The molecular formula is C14H17ClN2O. The second kappa shape index (κ2) is 4.16. The summed E-state index contributed by atoms with van der Waals surface area (Å²) in [5, 5.41) is 4.07. The van der Waals surface area contributed by atoms with Crippen molar-refractivity contribution >= 4 is 23.2 Å². The van der Waals surface area contributed by atoms with Crippen molar-refractivity contribution in [3.8, 4) is 0 Å². The highest BCUT2D eigenvalue weighted by Gasteiger charge is 2.58. The highest BCUT2D eigenvalue weighted by Crippen LogP contribution is 2.53. The van der Waals surface area contributed by atoms with E-state index in [2.05, 4.69) is 5.32 Å². The van der Waals surface area contributed by atoms with Crippen LogP contribution < -0.4 is 11.1 Å². The van der Waals surface area contributed by atoms with Gasteiger partial charge in [-0.25, -0.2) is 0 Å². The molecule has 0 aliphatic heterocycles. The Morgan fingerprint density at radius 3 is 2.33 bits per heavy atom. The van der Waals surface area contributed by atoms with E-state index in [1.165, 1.54) is 0 Å². The molecule has 0 saturated heterocycles. The Bertz CT molecular complexity index is 468.